The summed E-state index contributed by atoms with van der Waals surface area (Å²) in [5.74, 6) is 4.36. The van der Waals surface area contributed by atoms with Gasteiger partial charge in [0.2, 0.25) is 0 Å². The van der Waals surface area contributed by atoms with Crippen molar-refractivity contribution in [2.75, 3.05) is 6.54 Å². The van der Waals surface area contributed by atoms with Gasteiger partial charge in [-0.05, 0) is 93.8 Å². The van der Waals surface area contributed by atoms with E-state index in [0.717, 1.165) is 75.0 Å². The number of ether oxygens (including phenoxy) is 2. The van der Waals surface area contributed by atoms with Crippen LogP contribution in [0.2, 0.25) is 0 Å². The van der Waals surface area contributed by atoms with Crippen LogP contribution in [0.1, 0.15) is 272 Å². The van der Waals surface area contributed by atoms with E-state index in [1.807, 2.05) is 13.8 Å². The summed E-state index contributed by atoms with van der Waals surface area (Å²) in [7, 11) is 0. The molecule has 0 amide bonds. The summed E-state index contributed by atoms with van der Waals surface area (Å²) in [6.45, 7) is 11.1. The molecule has 5 nitrogen and oxygen atoms in total. The monoisotopic (exact) mass is 854 g/mol. The van der Waals surface area contributed by atoms with Crippen LogP contribution in [0.3, 0.4) is 0 Å². The molecule has 1 N–H and O–H groups in total. The van der Waals surface area contributed by atoms with Crippen molar-refractivity contribution in [3.63, 3.8) is 0 Å². The highest BCUT2D eigenvalue weighted by Gasteiger charge is 2.39. The van der Waals surface area contributed by atoms with Crippen molar-refractivity contribution in [2.45, 2.75) is 290 Å². The van der Waals surface area contributed by atoms with E-state index in [4.69, 9.17) is 9.47 Å². The zero-order valence-corrected chi connectivity index (χ0v) is 41.4. The van der Waals surface area contributed by atoms with Gasteiger partial charge in [0.1, 0.15) is 12.2 Å². The standard InChI is InChI=1S/C56H103NO4/c1-6-9-12-14-20-27-33-47-42-49(47)35-29-22-16-18-24-31-37-52(38-32-25-19-17-23-30-36-50-43-48(50)34-28-21-15-13-10-7-2)60-55(58)44-51-40-41-54(53(51)39-26-11-8-3)61-56(59)45-57-46(4)5/h11,26,46-54,57H,6-10,12-25,27-45H2,1-5H3/b26-11-. The highest BCUT2D eigenvalue weighted by molar-refractivity contribution is 5.72. The number of rotatable bonds is 42. The van der Waals surface area contributed by atoms with E-state index in [1.54, 1.807) is 0 Å². The average Bonchev–Trinajstić information content (AvgIpc) is 4.15. The molecule has 3 saturated carbocycles. The molecule has 0 aromatic heterocycles. The van der Waals surface area contributed by atoms with Crippen LogP contribution in [0.15, 0.2) is 12.2 Å². The van der Waals surface area contributed by atoms with Crippen molar-refractivity contribution in [3.05, 3.63) is 12.2 Å². The molecule has 0 aromatic rings. The van der Waals surface area contributed by atoms with E-state index >= 15 is 0 Å². The van der Waals surface area contributed by atoms with Crippen molar-refractivity contribution in [1.82, 2.24) is 5.32 Å². The van der Waals surface area contributed by atoms with Crippen molar-refractivity contribution in [3.8, 4) is 0 Å². The number of esters is 2. The lowest BCUT2D eigenvalue weighted by molar-refractivity contribution is -0.152. The van der Waals surface area contributed by atoms with Gasteiger partial charge in [-0.1, -0.05) is 214 Å². The maximum atomic E-state index is 13.6. The molecule has 7 atom stereocenters. The second-order valence-corrected chi connectivity index (χ2v) is 21.0. The molecule has 3 aliphatic rings. The molecule has 0 aromatic carbocycles. The minimum Gasteiger partial charge on any atom is -0.462 e. The largest absolute Gasteiger partial charge is 0.462 e. The summed E-state index contributed by atoms with van der Waals surface area (Å²) < 4.78 is 12.4. The lowest BCUT2D eigenvalue weighted by atomic mass is 9.88. The van der Waals surface area contributed by atoms with E-state index in [2.05, 4.69) is 38.2 Å². The Bertz CT molecular complexity index is 1060. The van der Waals surface area contributed by atoms with Gasteiger partial charge >= 0.3 is 11.9 Å². The van der Waals surface area contributed by atoms with E-state index in [-0.39, 0.29) is 48.6 Å². The molecular weight excluding hydrogens is 751 g/mol. The second-order valence-electron chi connectivity index (χ2n) is 21.0. The first kappa shape index (κ1) is 54.0. The smallest absolute Gasteiger partial charge is 0.320 e. The zero-order valence-electron chi connectivity index (χ0n) is 41.4. The highest BCUT2D eigenvalue weighted by atomic mass is 16.5. The van der Waals surface area contributed by atoms with Crippen LogP contribution in [0, 0.1) is 35.5 Å². The zero-order chi connectivity index (χ0) is 43.8. The number of hydrogen-bond acceptors (Lipinski definition) is 5. The Morgan fingerprint density at radius 3 is 1.43 bits per heavy atom. The molecular formula is C56H103NO4. The van der Waals surface area contributed by atoms with Gasteiger partial charge in [-0.2, -0.15) is 0 Å². The molecule has 5 heteroatoms. The summed E-state index contributed by atoms with van der Waals surface area (Å²) in [5, 5.41) is 3.19. The van der Waals surface area contributed by atoms with E-state index in [9.17, 15) is 9.59 Å². The fraction of sp³-hybridized carbons (Fsp3) is 0.929. The van der Waals surface area contributed by atoms with Crippen LogP contribution < -0.4 is 5.32 Å². The van der Waals surface area contributed by atoms with Crippen molar-refractivity contribution in [1.29, 1.82) is 0 Å². The van der Waals surface area contributed by atoms with Crippen molar-refractivity contribution in [2.24, 2.45) is 35.5 Å². The van der Waals surface area contributed by atoms with E-state index in [0.29, 0.717) is 6.42 Å². The van der Waals surface area contributed by atoms with Gasteiger partial charge in [0, 0.05) is 18.4 Å². The summed E-state index contributed by atoms with van der Waals surface area (Å²) in [6.07, 6.45) is 52.3. The lowest BCUT2D eigenvalue weighted by Crippen LogP contribution is -2.34. The van der Waals surface area contributed by atoms with Gasteiger partial charge in [0.05, 0.1) is 6.54 Å². The predicted molar refractivity (Wildman–Crippen MR) is 261 cm³/mol. The second kappa shape index (κ2) is 35.0. The number of unbranched alkanes of at least 4 members (excludes halogenated alkanes) is 20. The molecule has 61 heavy (non-hydrogen) atoms. The van der Waals surface area contributed by atoms with E-state index in [1.165, 1.54) is 180 Å². The molecule has 3 rings (SSSR count). The van der Waals surface area contributed by atoms with Crippen LogP contribution in [0.25, 0.3) is 0 Å². The van der Waals surface area contributed by atoms with Crippen LogP contribution in [-0.2, 0) is 19.1 Å². The molecule has 7 unspecified atom stereocenters. The van der Waals surface area contributed by atoms with Gasteiger partial charge in [-0.15, -0.1) is 0 Å². The molecule has 0 spiro atoms. The topological polar surface area (TPSA) is 64.6 Å². The minimum atomic E-state index is -0.183. The summed E-state index contributed by atoms with van der Waals surface area (Å²) in [6, 6.07) is 0.240. The number of carbonyl (C=O) groups excluding carboxylic acids is 2. The molecule has 0 aliphatic heterocycles. The first-order chi connectivity index (χ1) is 29.8. The fourth-order valence-corrected chi connectivity index (χ4v) is 10.9. The Hall–Kier alpha value is -1.36. The average molecular weight is 854 g/mol. The maximum absolute atomic E-state index is 13.6. The molecule has 0 radical (unpaired) electrons. The summed E-state index contributed by atoms with van der Waals surface area (Å²) >= 11 is 0. The van der Waals surface area contributed by atoms with Crippen molar-refractivity contribution >= 4 is 11.9 Å². The first-order valence-corrected chi connectivity index (χ1v) is 27.6. The Morgan fingerprint density at radius 1 is 0.541 bits per heavy atom. The molecule has 3 fully saturated rings. The normalized spacial score (nSPS) is 23.9. The summed E-state index contributed by atoms with van der Waals surface area (Å²) in [4.78, 5) is 26.3. The molecule has 0 heterocycles. The third kappa shape index (κ3) is 26.9. The van der Waals surface area contributed by atoms with Gasteiger partial charge < -0.3 is 14.8 Å². The number of carbonyl (C=O) groups is 2. The van der Waals surface area contributed by atoms with Crippen LogP contribution >= 0.6 is 0 Å². The van der Waals surface area contributed by atoms with Gasteiger partial charge in [0.25, 0.3) is 0 Å². The molecule has 0 bridgehead atoms. The first-order valence-electron chi connectivity index (χ1n) is 27.6. The Kier molecular flexibility index (Phi) is 30.9. The van der Waals surface area contributed by atoms with Gasteiger partial charge in [-0.25, -0.2) is 0 Å². The number of hydrogen-bond donors (Lipinski definition) is 1. The Balaban J connectivity index is 1.34. The third-order valence-corrected chi connectivity index (χ3v) is 15.1. The number of allylic oxidation sites excluding steroid dienone is 2. The highest BCUT2D eigenvalue weighted by Crippen LogP contribution is 2.47. The Labute approximate surface area is 379 Å². The van der Waals surface area contributed by atoms with Crippen molar-refractivity contribution < 1.29 is 19.1 Å². The molecule has 0 saturated heterocycles. The van der Waals surface area contributed by atoms with Crippen LogP contribution in [0.5, 0.6) is 0 Å². The maximum Gasteiger partial charge on any atom is 0.320 e. The lowest BCUT2D eigenvalue weighted by Gasteiger charge is -2.25. The SMILES string of the molecule is CC/C=C\CC1C(CC(=O)OC(CCCCCCCCC2CC2CCCCCCCC)CCCCCCCCC2CC2CCCCCCCC)CCC1OC(=O)CNC(C)C. The van der Waals surface area contributed by atoms with Gasteiger partial charge in [0.15, 0.2) is 0 Å². The fourth-order valence-electron chi connectivity index (χ4n) is 10.9. The Morgan fingerprint density at radius 2 is 0.984 bits per heavy atom. The third-order valence-electron chi connectivity index (χ3n) is 15.1. The number of nitrogens with one attached hydrogen (secondary N) is 1. The van der Waals surface area contributed by atoms with E-state index < -0.39 is 0 Å². The van der Waals surface area contributed by atoms with Crippen LogP contribution in [-0.4, -0.2) is 36.7 Å². The molecule has 3 aliphatic carbocycles. The predicted octanol–water partition coefficient (Wildman–Crippen LogP) is 16.6. The molecule has 356 valence electrons. The minimum absolute atomic E-state index is 0.0299. The quantitative estimate of drug-likeness (QED) is 0.0376. The summed E-state index contributed by atoms with van der Waals surface area (Å²) in [5.41, 5.74) is 0. The van der Waals surface area contributed by atoms with Gasteiger partial charge in [-0.3, -0.25) is 9.59 Å². The van der Waals surface area contributed by atoms with Crippen LogP contribution in [0.4, 0.5) is 0 Å².